The van der Waals surface area contributed by atoms with Gasteiger partial charge in [0.25, 0.3) is 0 Å². The van der Waals surface area contributed by atoms with Gasteiger partial charge in [-0.05, 0) is 27.7 Å². The van der Waals surface area contributed by atoms with E-state index in [1.54, 1.807) is 0 Å². The molecule has 0 N–H and O–H groups in total. The molecule has 0 saturated carbocycles. The number of carboxylic acid groups (broad SMARTS) is 4. The van der Waals surface area contributed by atoms with Gasteiger partial charge in [0.15, 0.2) is 0 Å². The van der Waals surface area contributed by atoms with Gasteiger partial charge in [-0.25, -0.2) is 0 Å². The average molecular weight is 453 g/mol. The largest absolute Gasteiger partial charge is 4.00 e. The molecule has 0 spiro atoms. The van der Waals surface area contributed by atoms with Crippen molar-refractivity contribution in [2.75, 3.05) is 0 Å². The number of carbonyl (C=O) groups excluding carboxylic acids is 4. The van der Waals surface area contributed by atoms with Crippen molar-refractivity contribution in [2.24, 2.45) is 0 Å². The molecule has 0 unspecified atom stereocenters. The molecular weight excluding hydrogens is 441 g/mol. The van der Waals surface area contributed by atoms with Gasteiger partial charge in [0.1, 0.15) is 0 Å². The van der Waals surface area contributed by atoms with Gasteiger partial charge < -0.3 is 61.5 Å². The van der Waals surface area contributed by atoms with E-state index in [0.29, 0.717) is 0 Å². The Morgan fingerprint density at radius 2 is 0.435 bits per heavy atom. The molecule has 23 heavy (non-hydrogen) atoms. The Bertz CT molecular complexity index is 172. The number of rotatable bonds is 0. The number of carboxylic acids is 4. The van der Waals surface area contributed by atoms with E-state index >= 15 is 0 Å². The van der Waals surface area contributed by atoms with Crippen molar-refractivity contribution >= 4 is 23.9 Å². The molecular formula is C8H12O12V3. The Morgan fingerprint density at radius 1 is 0.435 bits per heavy atom. The molecule has 0 atom stereocenters. The fourth-order valence-corrected chi connectivity index (χ4v) is 0. The Morgan fingerprint density at radius 3 is 0.435 bits per heavy atom. The first-order chi connectivity index (χ1) is 6.93. The molecule has 0 saturated heterocycles. The summed E-state index contributed by atoms with van der Waals surface area (Å²) in [5.74, 6) is -4.33. The maximum absolute atomic E-state index is 8.89. The predicted molar refractivity (Wildman–Crippen MR) is 45.5 cm³/mol. The Hall–Kier alpha value is -0.527. The summed E-state index contributed by atoms with van der Waals surface area (Å²) >= 11 is 0. The molecule has 0 aliphatic heterocycles. The van der Waals surface area contributed by atoms with Crippen LogP contribution < -0.4 is 20.4 Å². The van der Waals surface area contributed by atoms with Crippen LogP contribution in [-0.4, -0.2) is 23.9 Å². The number of hydrogen-bond acceptors (Lipinski definition) is 8. The molecule has 3 radical (unpaired) electrons. The van der Waals surface area contributed by atoms with Crippen LogP contribution >= 0.6 is 0 Å². The second-order valence-corrected chi connectivity index (χ2v) is 1.97. The Kier molecular flexibility index (Phi) is 234. The monoisotopic (exact) mass is 453 g/mol. The number of carbonyl (C=O) groups is 4. The summed E-state index contributed by atoms with van der Waals surface area (Å²) in [6.45, 7) is 3.89. The van der Waals surface area contributed by atoms with Crippen molar-refractivity contribution in [3.8, 4) is 0 Å². The molecule has 0 amide bonds. The van der Waals surface area contributed by atoms with Crippen molar-refractivity contribution in [1.29, 1.82) is 0 Å². The van der Waals surface area contributed by atoms with Crippen LogP contribution in [0.15, 0.2) is 0 Å². The first kappa shape index (κ1) is 78.7. The molecule has 0 aliphatic rings. The van der Waals surface area contributed by atoms with Gasteiger partial charge in [-0.1, -0.05) is 0 Å². The first-order valence-electron chi connectivity index (χ1n) is 3.63. The molecule has 0 fully saturated rings. The van der Waals surface area contributed by atoms with Crippen molar-refractivity contribution in [3.05, 3.63) is 0 Å². The summed E-state index contributed by atoms with van der Waals surface area (Å²) in [6, 6.07) is 0. The number of hydrogen-bond donors (Lipinski definition) is 0. The summed E-state index contributed by atoms with van der Waals surface area (Å²) in [7, 11) is 0. The van der Waals surface area contributed by atoms with Gasteiger partial charge >= 0.3 is 55.7 Å². The Balaban J connectivity index is -0.00000000842. The van der Waals surface area contributed by atoms with E-state index in [4.69, 9.17) is 39.6 Å². The summed E-state index contributed by atoms with van der Waals surface area (Å²) < 4.78 is 0. The van der Waals surface area contributed by atoms with Crippen molar-refractivity contribution in [1.82, 2.24) is 0 Å². The zero-order valence-corrected chi connectivity index (χ0v) is 16.4. The molecule has 15 heteroatoms. The fraction of sp³-hybridized carbons (Fsp3) is 0.500. The van der Waals surface area contributed by atoms with Gasteiger partial charge in [-0.15, -0.1) is 0 Å². The molecule has 0 aliphatic carbocycles. The smallest absolute Gasteiger partial charge is 2.00 e. The van der Waals surface area contributed by atoms with Gasteiger partial charge in [0, 0.05) is 23.9 Å². The molecule has 0 bridgehead atoms. The van der Waals surface area contributed by atoms with Crippen LogP contribution in [0.3, 0.4) is 0 Å². The third-order valence-corrected chi connectivity index (χ3v) is 0. The van der Waals surface area contributed by atoms with Crippen LogP contribution in [0.25, 0.3) is 0 Å². The maximum Gasteiger partial charge on any atom is 4.00 e. The van der Waals surface area contributed by atoms with Crippen molar-refractivity contribution in [3.63, 3.8) is 0 Å². The van der Waals surface area contributed by atoms with Gasteiger partial charge in [0.2, 0.25) is 0 Å². The predicted octanol–water partition coefficient (Wildman–Crippen LogP) is -5.46. The minimum atomic E-state index is -1.08. The van der Waals surface area contributed by atoms with Crippen LogP contribution in [0.5, 0.6) is 0 Å². The third kappa shape index (κ3) is 29300. The standard InChI is InChI=1S/4C2H4O2.4O.3V/c4*1-2(3)4;;;;;;;/h4*1H3,(H,3,4);;;;;;;/q;;;;4*-2;3*+4/p-4. The average Bonchev–Trinajstić information content (AvgIpc) is 1.76. The topological polar surface area (TPSA) is 275 Å². The van der Waals surface area contributed by atoms with Crippen LogP contribution in [0.2, 0.25) is 0 Å². The zero-order chi connectivity index (χ0) is 14.3. The minimum Gasteiger partial charge on any atom is -2.00 e. The van der Waals surface area contributed by atoms with E-state index in [1.165, 1.54) is 0 Å². The van der Waals surface area contributed by atoms with Gasteiger partial charge in [-0.3, -0.25) is 0 Å². The third-order valence-electron chi connectivity index (χ3n) is 0. The zero-order valence-electron chi connectivity index (χ0n) is 12.2. The second kappa shape index (κ2) is 68.4. The van der Waals surface area contributed by atoms with Gasteiger partial charge in [-0.2, -0.15) is 0 Å². The van der Waals surface area contributed by atoms with E-state index in [1.807, 2.05) is 0 Å². The van der Waals surface area contributed by atoms with Crippen molar-refractivity contribution < 1.29 is 117 Å². The second-order valence-electron chi connectivity index (χ2n) is 1.97. The van der Waals surface area contributed by atoms with Crippen LogP contribution in [0.4, 0.5) is 0 Å². The molecule has 12 nitrogen and oxygen atoms in total. The molecule has 0 heterocycles. The number of aliphatic carboxylic acids is 4. The van der Waals surface area contributed by atoms with Crippen LogP contribution in [0.1, 0.15) is 27.7 Å². The molecule has 0 aromatic heterocycles. The maximum atomic E-state index is 8.89. The summed E-state index contributed by atoms with van der Waals surface area (Å²) in [6.07, 6.45) is 0. The SMILES string of the molecule is CC(=O)[O-].CC(=O)[O-].CC(=O)[O-].CC(=O)[O-].[O-2].[O-2].[O-2].[O-2].[V+4].[V+4].[V+4]. The first-order valence-corrected chi connectivity index (χ1v) is 3.63. The van der Waals surface area contributed by atoms with E-state index in [9.17, 15) is 0 Å². The minimum absolute atomic E-state index is 0. The van der Waals surface area contributed by atoms with E-state index in [-0.39, 0.29) is 77.6 Å². The van der Waals surface area contributed by atoms with Crippen LogP contribution in [-0.2, 0) is 96.7 Å². The van der Waals surface area contributed by atoms with Crippen LogP contribution in [0, 0.1) is 0 Å². The van der Waals surface area contributed by atoms with E-state index in [0.717, 1.165) is 27.7 Å². The molecule has 131 valence electrons. The Labute approximate surface area is 168 Å². The fourth-order valence-electron chi connectivity index (χ4n) is 0. The van der Waals surface area contributed by atoms with Crippen molar-refractivity contribution in [2.45, 2.75) is 27.7 Å². The van der Waals surface area contributed by atoms with E-state index < -0.39 is 23.9 Å². The molecule has 0 aromatic carbocycles. The van der Waals surface area contributed by atoms with E-state index in [2.05, 4.69) is 0 Å². The normalized spacial score (nSPS) is 4.35. The summed E-state index contributed by atoms with van der Waals surface area (Å²) in [4.78, 5) is 35.6. The summed E-state index contributed by atoms with van der Waals surface area (Å²) in [5.41, 5.74) is 0. The quantitative estimate of drug-likeness (QED) is 0.340. The molecule has 0 aromatic rings. The molecule has 0 rings (SSSR count). The van der Waals surface area contributed by atoms with Gasteiger partial charge in [0.05, 0.1) is 0 Å². The summed E-state index contributed by atoms with van der Waals surface area (Å²) in [5, 5.41) is 35.6.